The van der Waals surface area contributed by atoms with Gasteiger partial charge in [0.15, 0.2) is 0 Å². The molecule has 4 nitrogen and oxygen atoms in total. The van der Waals surface area contributed by atoms with Crippen molar-refractivity contribution < 1.29 is 4.74 Å². The second-order valence-electron chi connectivity index (χ2n) is 6.66. The van der Waals surface area contributed by atoms with Gasteiger partial charge in [0.2, 0.25) is 0 Å². The van der Waals surface area contributed by atoms with E-state index >= 15 is 0 Å². The number of aromatic nitrogens is 1. The molecule has 0 unspecified atom stereocenters. The Balaban J connectivity index is 2.07. The lowest BCUT2D eigenvalue weighted by molar-refractivity contribution is -0.00547. The first kappa shape index (κ1) is 16.2. The molecule has 1 N–H and O–H groups in total. The Morgan fingerprint density at radius 1 is 1.29 bits per heavy atom. The van der Waals surface area contributed by atoms with Gasteiger partial charge < -0.3 is 15.0 Å². The number of pyridine rings is 1. The van der Waals surface area contributed by atoms with Crippen LogP contribution in [0.3, 0.4) is 0 Å². The summed E-state index contributed by atoms with van der Waals surface area (Å²) in [6, 6.07) is 4.38. The summed E-state index contributed by atoms with van der Waals surface area (Å²) in [5.41, 5.74) is 2.39. The molecule has 0 aromatic carbocycles. The minimum atomic E-state index is 0.263. The van der Waals surface area contributed by atoms with E-state index in [9.17, 15) is 0 Å². The van der Waals surface area contributed by atoms with Crippen LogP contribution in [-0.2, 0) is 11.3 Å². The second-order valence-corrected chi connectivity index (χ2v) is 6.66. The van der Waals surface area contributed by atoms with Gasteiger partial charge in [-0.25, -0.2) is 4.98 Å². The third-order valence-electron chi connectivity index (χ3n) is 3.62. The molecule has 4 heteroatoms. The number of aryl methyl sites for hydroxylation is 1. The van der Waals surface area contributed by atoms with Crippen LogP contribution in [0.2, 0.25) is 0 Å². The van der Waals surface area contributed by atoms with Crippen molar-refractivity contribution in [3.05, 3.63) is 23.4 Å². The van der Waals surface area contributed by atoms with Gasteiger partial charge in [0.05, 0.1) is 12.2 Å². The normalized spacial score (nSPS) is 22.9. The highest BCUT2D eigenvalue weighted by Gasteiger charge is 2.23. The summed E-state index contributed by atoms with van der Waals surface area (Å²) in [6.45, 7) is 14.6. The van der Waals surface area contributed by atoms with E-state index in [1.54, 1.807) is 0 Å². The van der Waals surface area contributed by atoms with E-state index in [0.29, 0.717) is 5.92 Å². The van der Waals surface area contributed by atoms with Gasteiger partial charge in [-0.05, 0) is 50.9 Å². The maximum atomic E-state index is 5.81. The molecule has 1 fully saturated rings. The molecule has 1 aliphatic rings. The van der Waals surface area contributed by atoms with Crippen molar-refractivity contribution in [2.45, 2.75) is 53.4 Å². The van der Waals surface area contributed by atoms with E-state index in [4.69, 9.17) is 9.72 Å². The molecule has 2 rings (SSSR count). The predicted molar refractivity (Wildman–Crippen MR) is 87.7 cm³/mol. The molecule has 0 aliphatic carbocycles. The lowest BCUT2D eigenvalue weighted by Crippen LogP contribution is -2.46. The third-order valence-corrected chi connectivity index (χ3v) is 3.62. The zero-order valence-electron chi connectivity index (χ0n) is 14.0. The maximum absolute atomic E-state index is 5.81. The number of anilines is 1. The van der Waals surface area contributed by atoms with Crippen LogP contribution in [0.15, 0.2) is 12.1 Å². The molecule has 0 spiro atoms. The third kappa shape index (κ3) is 4.97. The molecule has 1 aromatic heterocycles. The Kier molecular flexibility index (Phi) is 5.59. The van der Waals surface area contributed by atoms with Crippen LogP contribution < -0.4 is 10.2 Å². The zero-order valence-corrected chi connectivity index (χ0v) is 14.0. The Bertz CT molecular complexity index is 451. The van der Waals surface area contributed by atoms with Crippen LogP contribution in [0.1, 0.15) is 39.0 Å². The summed E-state index contributed by atoms with van der Waals surface area (Å²) in [6.07, 6.45) is 0.525. The number of nitrogens with zero attached hydrogens (tertiary/aromatic N) is 2. The SMILES string of the molecule is Cc1cc(CNCC(C)C)cc(N2C[C@@H](C)O[C@@H](C)C2)n1. The summed E-state index contributed by atoms with van der Waals surface area (Å²) in [5, 5.41) is 3.51. The minimum Gasteiger partial charge on any atom is -0.372 e. The molecule has 2 atom stereocenters. The van der Waals surface area contributed by atoms with Gasteiger partial charge in [-0.2, -0.15) is 0 Å². The largest absolute Gasteiger partial charge is 0.372 e. The molecule has 1 aromatic rings. The van der Waals surface area contributed by atoms with Gasteiger partial charge in [-0.15, -0.1) is 0 Å². The van der Waals surface area contributed by atoms with Crippen molar-refractivity contribution in [3.63, 3.8) is 0 Å². The lowest BCUT2D eigenvalue weighted by atomic mass is 10.1. The highest BCUT2D eigenvalue weighted by molar-refractivity contribution is 5.43. The van der Waals surface area contributed by atoms with Crippen molar-refractivity contribution >= 4 is 5.82 Å². The maximum Gasteiger partial charge on any atom is 0.129 e. The van der Waals surface area contributed by atoms with E-state index in [0.717, 1.165) is 37.7 Å². The smallest absolute Gasteiger partial charge is 0.129 e. The van der Waals surface area contributed by atoms with Crippen molar-refractivity contribution in [1.29, 1.82) is 0 Å². The molecular formula is C17H29N3O. The second kappa shape index (κ2) is 7.23. The molecule has 2 heterocycles. The van der Waals surface area contributed by atoms with Gasteiger partial charge in [0.25, 0.3) is 0 Å². The van der Waals surface area contributed by atoms with Crippen molar-refractivity contribution in [2.24, 2.45) is 5.92 Å². The van der Waals surface area contributed by atoms with Crippen LogP contribution in [0.5, 0.6) is 0 Å². The number of ether oxygens (including phenoxy) is 1. The highest BCUT2D eigenvalue weighted by Crippen LogP contribution is 2.20. The molecule has 118 valence electrons. The monoisotopic (exact) mass is 291 g/mol. The van der Waals surface area contributed by atoms with Crippen LogP contribution in [-0.4, -0.2) is 36.8 Å². The molecule has 1 aliphatic heterocycles. The van der Waals surface area contributed by atoms with Crippen molar-refractivity contribution in [1.82, 2.24) is 10.3 Å². The molecule has 0 radical (unpaired) electrons. The summed E-state index contributed by atoms with van der Waals surface area (Å²) in [5.74, 6) is 1.76. The van der Waals surface area contributed by atoms with Crippen LogP contribution >= 0.6 is 0 Å². The number of morpholine rings is 1. The van der Waals surface area contributed by atoms with Crippen molar-refractivity contribution in [2.75, 3.05) is 24.5 Å². The van der Waals surface area contributed by atoms with Crippen LogP contribution in [0.4, 0.5) is 5.82 Å². The van der Waals surface area contributed by atoms with Gasteiger partial charge in [-0.3, -0.25) is 0 Å². The van der Waals surface area contributed by atoms with Gasteiger partial charge in [0, 0.05) is 25.3 Å². The summed E-state index contributed by atoms with van der Waals surface area (Å²) >= 11 is 0. The summed E-state index contributed by atoms with van der Waals surface area (Å²) < 4.78 is 5.81. The fourth-order valence-electron chi connectivity index (χ4n) is 2.86. The summed E-state index contributed by atoms with van der Waals surface area (Å²) in [7, 11) is 0. The van der Waals surface area contributed by atoms with E-state index in [1.165, 1.54) is 5.56 Å². The van der Waals surface area contributed by atoms with Gasteiger partial charge in [-0.1, -0.05) is 13.8 Å². The van der Waals surface area contributed by atoms with Gasteiger partial charge in [0.1, 0.15) is 5.82 Å². The Labute approximate surface area is 128 Å². The lowest BCUT2D eigenvalue weighted by Gasteiger charge is -2.36. The Hall–Kier alpha value is -1.13. The molecular weight excluding hydrogens is 262 g/mol. The predicted octanol–water partition coefficient (Wildman–Crippen LogP) is 2.75. The van der Waals surface area contributed by atoms with E-state index in [-0.39, 0.29) is 12.2 Å². The number of rotatable bonds is 5. The quantitative estimate of drug-likeness (QED) is 0.905. The Morgan fingerprint density at radius 3 is 2.57 bits per heavy atom. The first-order valence-electron chi connectivity index (χ1n) is 8.02. The Morgan fingerprint density at radius 2 is 1.95 bits per heavy atom. The average molecular weight is 291 g/mol. The average Bonchev–Trinajstić information content (AvgIpc) is 2.36. The molecule has 0 saturated carbocycles. The number of hydrogen-bond donors (Lipinski definition) is 1. The van der Waals surface area contributed by atoms with E-state index in [1.807, 2.05) is 0 Å². The fourth-order valence-corrected chi connectivity index (χ4v) is 2.86. The minimum absolute atomic E-state index is 0.263. The number of hydrogen-bond acceptors (Lipinski definition) is 4. The first-order valence-corrected chi connectivity index (χ1v) is 8.02. The topological polar surface area (TPSA) is 37.4 Å². The van der Waals surface area contributed by atoms with Gasteiger partial charge >= 0.3 is 0 Å². The van der Waals surface area contributed by atoms with Crippen molar-refractivity contribution in [3.8, 4) is 0 Å². The molecule has 0 bridgehead atoms. The summed E-state index contributed by atoms with van der Waals surface area (Å²) in [4.78, 5) is 7.06. The van der Waals surface area contributed by atoms with Crippen LogP contribution in [0, 0.1) is 12.8 Å². The first-order chi connectivity index (χ1) is 9.94. The van der Waals surface area contributed by atoms with E-state index in [2.05, 4.69) is 57.0 Å². The van der Waals surface area contributed by atoms with Crippen LogP contribution in [0.25, 0.3) is 0 Å². The highest BCUT2D eigenvalue weighted by atomic mass is 16.5. The molecule has 21 heavy (non-hydrogen) atoms. The molecule has 1 saturated heterocycles. The standard InChI is InChI=1S/C17H29N3O/c1-12(2)8-18-9-16-6-13(3)19-17(7-16)20-10-14(4)21-15(5)11-20/h6-7,12,14-15,18H,8-11H2,1-5H3/t14-,15+. The molecule has 0 amide bonds. The van der Waals surface area contributed by atoms with E-state index < -0.39 is 0 Å². The zero-order chi connectivity index (χ0) is 15.4. The number of nitrogens with one attached hydrogen (secondary N) is 1. The fraction of sp³-hybridized carbons (Fsp3) is 0.706.